The van der Waals surface area contributed by atoms with Crippen LogP contribution in [-0.4, -0.2) is 35.0 Å². The minimum atomic E-state index is -1.21. The van der Waals surface area contributed by atoms with Crippen molar-refractivity contribution < 1.29 is 19.4 Å². The fourth-order valence-corrected chi connectivity index (χ4v) is 1.91. The van der Waals surface area contributed by atoms with Gasteiger partial charge in [0.05, 0.1) is 18.0 Å². The first-order chi connectivity index (χ1) is 9.13. The number of carbonyl (C=O) groups excluding carboxylic acids is 1. The van der Waals surface area contributed by atoms with Crippen LogP contribution < -0.4 is 5.32 Å². The molecular weight excluding hydrogens is 314 g/mol. The lowest BCUT2D eigenvalue weighted by atomic mass is 10.1. The number of hydrogen-bond acceptors (Lipinski definition) is 3. The number of alkyl halides is 1. The Morgan fingerprint density at radius 1 is 1.32 bits per heavy atom. The normalized spacial score (nSPS) is 11.8. The molecule has 6 heteroatoms. The molecule has 0 heterocycles. The highest BCUT2D eigenvalue weighted by molar-refractivity contribution is 9.09. The van der Waals surface area contributed by atoms with Crippen molar-refractivity contribution in [3.8, 4) is 0 Å². The number of rotatable bonds is 8. The summed E-state index contributed by atoms with van der Waals surface area (Å²) >= 11 is 3.03. The highest BCUT2D eigenvalue weighted by Gasteiger charge is 2.18. The maximum atomic E-state index is 11.5. The predicted octanol–water partition coefficient (Wildman–Crippen LogP) is 2.19. The standard InChI is InChI=1S/C13H16BrNO4/c14-8-12(16)11(15-13(17)18)6-7-19-9-10-4-2-1-3-5-10/h1-5,11,15H,6-9H2,(H,17,18)/t11-/m0/s1. The second-order valence-corrected chi connectivity index (χ2v) is 4.49. The van der Waals surface area contributed by atoms with Gasteiger partial charge in [0.25, 0.3) is 0 Å². The fourth-order valence-electron chi connectivity index (χ4n) is 1.52. The maximum Gasteiger partial charge on any atom is 0.405 e. The van der Waals surface area contributed by atoms with E-state index < -0.39 is 12.1 Å². The number of halogens is 1. The van der Waals surface area contributed by atoms with E-state index in [0.29, 0.717) is 19.6 Å². The number of Topliss-reactive ketones (excluding diaryl/α,β-unsaturated/α-hetero) is 1. The Labute approximate surface area is 120 Å². The second-order valence-electron chi connectivity index (χ2n) is 3.93. The molecule has 0 fully saturated rings. The minimum Gasteiger partial charge on any atom is -0.465 e. The molecule has 1 aromatic rings. The van der Waals surface area contributed by atoms with Crippen LogP contribution in [0.4, 0.5) is 4.79 Å². The molecule has 1 amide bonds. The van der Waals surface area contributed by atoms with Crippen LogP contribution >= 0.6 is 15.9 Å². The third-order valence-electron chi connectivity index (χ3n) is 2.48. The van der Waals surface area contributed by atoms with Gasteiger partial charge in [0.2, 0.25) is 0 Å². The minimum absolute atomic E-state index is 0.122. The first kappa shape index (κ1) is 15.7. The Kier molecular flexibility index (Phi) is 7.14. The summed E-state index contributed by atoms with van der Waals surface area (Å²) in [5, 5.41) is 11.0. The molecule has 0 aliphatic carbocycles. The zero-order valence-corrected chi connectivity index (χ0v) is 11.9. The van der Waals surface area contributed by atoms with E-state index in [-0.39, 0.29) is 11.1 Å². The number of amides is 1. The van der Waals surface area contributed by atoms with Crippen LogP contribution in [0.15, 0.2) is 30.3 Å². The van der Waals surface area contributed by atoms with Crippen molar-refractivity contribution in [3.05, 3.63) is 35.9 Å². The number of ether oxygens (including phenoxy) is 1. The van der Waals surface area contributed by atoms with Gasteiger partial charge in [0.15, 0.2) is 5.78 Å². The van der Waals surface area contributed by atoms with Crippen LogP contribution in [0.1, 0.15) is 12.0 Å². The predicted molar refractivity (Wildman–Crippen MR) is 74.5 cm³/mol. The third-order valence-corrected chi connectivity index (χ3v) is 3.03. The van der Waals surface area contributed by atoms with Crippen molar-refractivity contribution >= 4 is 27.8 Å². The molecule has 0 aromatic heterocycles. The van der Waals surface area contributed by atoms with Crippen molar-refractivity contribution in [2.75, 3.05) is 11.9 Å². The lowest BCUT2D eigenvalue weighted by Gasteiger charge is -2.14. The highest BCUT2D eigenvalue weighted by Crippen LogP contribution is 2.03. The molecule has 2 N–H and O–H groups in total. The Bertz CT molecular complexity index is 410. The van der Waals surface area contributed by atoms with Gasteiger partial charge in [0.1, 0.15) is 0 Å². The molecule has 0 bridgehead atoms. The third kappa shape index (κ3) is 6.35. The van der Waals surface area contributed by atoms with Gasteiger partial charge >= 0.3 is 6.09 Å². The van der Waals surface area contributed by atoms with E-state index in [0.717, 1.165) is 5.56 Å². The average molecular weight is 330 g/mol. The fraction of sp³-hybridized carbons (Fsp3) is 0.385. The van der Waals surface area contributed by atoms with Gasteiger partial charge in [-0.05, 0) is 12.0 Å². The topological polar surface area (TPSA) is 75.6 Å². The Morgan fingerprint density at radius 2 is 2.00 bits per heavy atom. The lowest BCUT2D eigenvalue weighted by molar-refractivity contribution is -0.118. The molecule has 0 spiro atoms. The zero-order chi connectivity index (χ0) is 14.1. The number of carbonyl (C=O) groups is 2. The SMILES string of the molecule is O=C(O)N[C@@H](CCOCc1ccccc1)C(=O)CBr. The second kappa shape index (κ2) is 8.66. The van der Waals surface area contributed by atoms with Gasteiger partial charge in [-0.1, -0.05) is 46.3 Å². The molecule has 104 valence electrons. The molecule has 0 aliphatic heterocycles. The summed E-state index contributed by atoms with van der Waals surface area (Å²) < 4.78 is 5.43. The van der Waals surface area contributed by atoms with Gasteiger partial charge in [-0.2, -0.15) is 0 Å². The van der Waals surface area contributed by atoms with Gasteiger partial charge in [-0.25, -0.2) is 4.79 Å². The van der Waals surface area contributed by atoms with Gasteiger partial charge in [0, 0.05) is 6.61 Å². The number of hydrogen-bond donors (Lipinski definition) is 2. The van der Waals surface area contributed by atoms with Gasteiger partial charge in [-0.3, -0.25) is 4.79 Å². The quantitative estimate of drug-likeness (QED) is 0.566. The van der Waals surface area contributed by atoms with E-state index in [1.807, 2.05) is 30.3 Å². The van der Waals surface area contributed by atoms with Crippen LogP contribution in [0.3, 0.4) is 0 Å². The number of ketones is 1. The van der Waals surface area contributed by atoms with Crippen LogP contribution in [0.25, 0.3) is 0 Å². The molecule has 0 saturated carbocycles. The van der Waals surface area contributed by atoms with E-state index in [1.54, 1.807) is 0 Å². The summed E-state index contributed by atoms with van der Waals surface area (Å²) in [6.45, 7) is 0.766. The van der Waals surface area contributed by atoms with E-state index in [1.165, 1.54) is 0 Å². The molecule has 0 unspecified atom stereocenters. The van der Waals surface area contributed by atoms with Crippen molar-refractivity contribution in [3.63, 3.8) is 0 Å². The summed E-state index contributed by atoms with van der Waals surface area (Å²) in [4.78, 5) is 22.0. The van der Waals surface area contributed by atoms with E-state index in [2.05, 4.69) is 21.2 Å². The Hall–Kier alpha value is -1.40. The van der Waals surface area contributed by atoms with E-state index in [4.69, 9.17) is 9.84 Å². The van der Waals surface area contributed by atoms with Gasteiger partial charge < -0.3 is 15.2 Å². The van der Waals surface area contributed by atoms with E-state index >= 15 is 0 Å². The molecule has 1 atom stereocenters. The number of benzene rings is 1. The largest absolute Gasteiger partial charge is 0.465 e. The summed E-state index contributed by atoms with van der Waals surface area (Å²) in [5.74, 6) is -0.203. The Morgan fingerprint density at radius 3 is 2.58 bits per heavy atom. The Balaban J connectivity index is 2.32. The van der Waals surface area contributed by atoms with Crippen molar-refractivity contribution in [2.45, 2.75) is 19.1 Å². The summed E-state index contributed by atoms with van der Waals surface area (Å²) in [6, 6.07) is 8.91. The van der Waals surface area contributed by atoms with Crippen LogP contribution in [0.5, 0.6) is 0 Å². The first-order valence-electron chi connectivity index (χ1n) is 5.83. The highest BCUT2D eigenvalue weighted by atomic mass is 79.9. The summed E-state index contributed by atoms with van der Waals surface area (Å²) in [7, 11) is 0. The van der Waals surface area contributed by atoms with Crippen molar-refractivity contribution in [1.82, 2.24) is 5.32 Å². The molecule has 0 aliphatic rings. The molecule has 0 saturated heterocycles. The molecule has 1 rings (SSSR count). The lowest BCUT2D eigenvalue weighted by Crippen LogP contribution is -2.41. The molecule has 19 heavy (non-hydrogen) atoms. The molecule has 0 radical (unpaired) electrons. The van der Waals surface area contributed by atoms with Crippen molar-refractivity contribution in [1.29, 1.82) is 0 Å². The smallest absolute Gasteiger partial charge is 0.405 e. The molecule has 5 nitrogen and oxygen atoms in total. The van der Waals surface area contributed by atoms with E-state index in [9.17, 15) is 9.59 Å². The zero-order valence-electron chi connectivity index (χ0n) is 10.3. The monoisotopic (exact) mass is 329 g/mol. The number of nitrogens with one attached hydrogen (secondary N) is 1. The van der Waals surface area contributed by atoms with Crippen LogP contribution in [-0.2, 0) is 16.1 Å². The van der Waals surface area contributed by atoms with Crippen LogP contribution in [0.2, 0.25) is 0 Å². The first-order valence-corrected chi connectivity index (χ1v) is 6.95. The summed E-state index contributed by atoms with van der Waals surface area (Å²) in [5.41, 5.74) is 1.04. The average Bonchev–Trinajstić information content (AvgIpc) is 2.42. The molecule has 1 aromatic carbocycles. The van der Waals surface area contributed by atoms with Crippen molar-refractivity contribution in [2.24, 2.45) is 0 Å². The number of carboxylic acid groups (broad SMARTS) is 1. The maximum absolute atomic E-state index is 11.5. The summed E-state index contributed by atoms with van der Waals surface area (Å²) in [6.07, 6.45) is -0.883. The van der Waals surface area contributed by atoms with Gasteiger partial charge in [-0.15, -0.1) is 0 Å². The molecular formula is C13H16BrNO4. The van der Waals surface area contributed by atoms with Crippen LogP contribution in [0, 0.1) is 0 Å².